The molecule has 130 valence electrons. The average molecular weight is 320 g/mol. The third kappa shape index (κ3) is 5.94. The quantitative estimate of drug-likeness (QED) is 0.559. The minimum absolute atomic E-state index is 0.0670. The summed E-state index contributed by atoms with van der Waals surface area (Å²) in [4.78, 5) is 10.6. The van der Waals surface area contributed by atoms with E-state index in [-0.39, 0.29) is 16.0 Å². The monoisotopic (exact) mass is 320 g/mol. The lowest BCUT2D eigenvalue weighted by Crippen LogP contribution is -2.44. The summed E-state index contributed by atoms with van der Waals surface area (Å²) in [5, 5.41) is 14.6. The molecule has 0 saturated heterocycles. The maximum absolute atomic E-state index is 10.9. The Bertz CT molecular complexity index is 491. The Labute approximate surface area is 140 Å². The van der Waals surface area contributed by atoms with Gasteiger partial charge in [0.15, 0.2) is 0 Å². The van der Waals surface area contributed by atoms with Crippen LogP contribution in [0.4, 0.5) is 5.69 Å². The maximum atomic E-state index is 10.9. The summed E-state index contributed by atoms with van der Waals surface area (Å²) < 4.78 is 0. The molecule has 2 unspecified atom stereocenters. The van der Waals surface area contributed by atoms with Crippen molar-refractivity contribution in [2.45, 2.75) is 72.9 Å². The number of nitro benzene ring substituents is 1. The number of non-ortho nitro benzene ring substituents is 1. The van der Waals surface area contributed by atoms with Crippen LogP contribution in [0.5, 0.6) is 0 Å². The number of hydrogen-bond acceptors (Lipinski definition) is 3. The molecule has 0 aliphatic heterocycles. The van der Waals surface area contributed by atoms with Crippen molar-refractivity contribution in [1.82, 2.24) is 5.32 Å². The van der Waals surface area contributed by atoms with Crippen LogP contribution in [0.2, 0.25) is 0 Å². The van der Waals surface area contributed by atoms with Gasteiger partial charge in [-0.1, -0.05) is 60.6 Å². The topological polar surface area (TPSA) is 55.2 Å². The molecule has 1 N–H and O–H groups in total. The molecule has 23 heavy (non-hydrogen) atoms. The summed E-state index contributed by atoms with van der Waals surface area (Å²) in [5.41, 5.74) is 1.39. The van der Waals surface area contributed by atoms with E-state index in [1.807, 2.05) is 12.1 Å². The van der Waals surface area contributed by atoms with Crippen LogP contribution in [-0.4, -0.2) is 17.0 Å². The van der Waals surface area contributed by atoms with E-state index in [2.05, 4.69) is 53.8 Å². The molecular weight excluding hydrogens is 288 g/mol. The highest BCUT2D eigenvalue weighted by Gasteiger charge is 2.34. The van der Waals surface area contributed by atoms with Gasteiger partial charge in [0, 0.05) is 30.1 Å². The van der Waals surface area contributed by atoms with E-state index in [0.717, 1.165) is 6.42 Å². The molecule has 0 aromatic heterocycles. The number of nitro groups is 1. The third-order valence-electron chi connectivity index (χ3n) is 4.07. The van der Waals surface area contributed by atoms with Gasteiger partial charge in [-0.3, -0.25) is 10.1 Å². The fraction of sp³-hybridized carbons (Fsp3) is 0.684. The number of benzene rings is 1. The van der Waals surface area contributed by atoms with Crippen molar-refractivity contribution in [1.29, 1.82) is 0 Å². The minimum atomic E-state index is -0.339. The van der Waals surface area contributed by atoms with Gasteiger partial charge in [0.05, 0.1) is 4.92 Å². The van der Waals surface area contributed by atoms with Crippen molar-refractivity contribution in [3.8, 4) is 0 Å². The summed E-state index contributed by atoms with van der Waals surface area (Å²) in [5.74, 6) is 0.891. The van der Waals surface area contributed by atoms with Crippen LogP contribution in [0.25, 0.3) is 0 Å². The lowest BCUT2D eigenvalue weighted by atomic mass is 9.70. The number of nitrogens with one attached hydrogen (secondary N) is 1. The van der Waals surface area contributed by atoms with E-state index in [0.29, 0.717) is 23.9 Å². The molecule has 4 nitrogen and oxygen atoms in total. The highest BCUT2D eigenvalue weighted by atomic mass is 16.6. The fourth-order valence-corrected chi connectivity index (χ4v) is 3.38. The standard InChI is InChI=1S/C19H32N2O2/c1-13(2)12-17(20-14(3)4)18(19(5,6)7)15-8-10-16(11-9-15)21(22)23/h8-11,13-14,17-18,20H,12H2,1-7H3. The van der Waals surface area contributed by atoms with Crippen molar-refractivity contribution in [3.63, 3.8) is 0 Å². The Morgan fingerprint density at radius 2 is 1.61 bits per heavy atom. The van der Waals surface area contributed by atoms with Gasteiger partial charge >= 0.3 is 0 Å². The lowest BCUT2D eigenvalue weighted by Gasteiger charge is -2.40. The van der Waals surface area contributed by atoms with Gasteiger partial charge in [0.1, 0.15) is 0 Å². The maximum Gasteiger partial charge on any atom is 0.269 e. The molecule has 0 spiro atoms. The molecule has 0 radical (unpaired) electrons. The first-order chi connectivity index (χ1) is 10.5. The van der Waals surface area contributed by atoms with Crippen LogP contribution in [0, 0.1) is 21.4 Å². The van der Waals surface area contributed by atoms with Crippen molar-refractivity contribution in [2.24, 2.45) is 11.3 Å². The van der Waals surface area contributed by atoms with E-state index < -0.39 is 0 Å². The Morgan fingerprint density at radius 3 is 1.96 bits per heavy atom. The molecule has 1 aromatic rings. The normalized spacial score (nSPS) is 15.0. The van der Waals surface area contributed by atoms with E-state index in [4.69, 9.17) is 0 Å². The summed E-state index contributed by atoms with van der Waals surface area (Å²) in [6.45, 7) is 15.6. The van der Waals surface area contributed by atoms with Gasteiger partial charge in [-0.15, -0.1) is 0 Å². The largest absolute Gasteiger partial charge is 0.311 e. The molecule has 0 fully saturated rings. The van der Waals surface area contributed by atoms with Crippen molar-refractivity contribution < 1.29 is 4.92 Å². The highest BCUT2D eigenvalue weighted by molar-refractivity contribution is 5.35. The second-order valence-electron chi connectivity index (χ2n) is 8.25. The van der Waals surface area contributed by atoms with Crippen molar-refractivity contribution >= 4 is 5.69 Å². The smallest absolute Gasteiger partial charge is 0.269 e. The van der Waals surface area contributed by atoms with Crippen LogP contribution in [0.3, 0.4) is 0 Å². The van der Waals surface area contributed by atoms with Gasteiger partial charge < -0.3 is 5.32 Å². The molecule has 0 aliphatic rings. The van der Waals surface area contributed by atoms with Gasteiger partial charge in [0.2, 0.25) is 0 Å². The molecule has 4 heteroatoms. The Hall–Kier alpha value is -1.42. The summed E-state index contributed by atoms with van der Waals surface area (Å²) >= 11 is 0. The van der Waals surface area contributed by atoms with Crippen LogP contribution >= 0.6 is 0 Å². The molecule has 0 heterocycles. The second-order valence-corrected chi connectivity index (χ2v) is 8.25. The van der Waals surface area contributed by atoms with Crippen LogP contribution < -0.4 is 5.32 Å². The molecule has 0 bridgehead atoms. The Kier molecular flexibility index (Phi) is 6.75. The Balaban J connectivity index is 3.22. The second kappa shape index (κ2) is 7.91. The molecule has 1 rings (SSSR count). The summed E-state index contributed by atoms with van der Waals surface area (Å²) in [7, 11) is 0. The molecular formula is C19H32N2O2. The number of hydrogen-bond donors (Lipinski definition) is 1. The predicted octanol–water partition coefficient (Wildman–Crippen LogP) is 5.14. The Morgan fingerprint density at radius 1 is 1.09 bits per heavy atom. The summed E-state index contributed by atoms with van der Waals surface area (Å²) in [6.07, 6.45) is 1.08. The van der Waals surface area contributed by atoms with E-state index in [9.17, 15) is 10.1 Å². The zero-order chi connectivity index (χ0) is 17.8. The SMILES string of the molecule is CC(C)CC(NC(C)C)C(c1ccc([N+](=O)[O-])cc1)C(C)(C)C. The van der Waals surface area contributed by atoms with Gasteiger partial charge in [-0.2, -0.15) is 0 Å². The zero-order valence-electron chi connectivity index (χ0n) is 15.6. The highest BCUT2D eigenvalue weighted by Crippen LogP contribution is 2.40. The van der Waals surface area contributed by atoms with Gasteiger partial charge in [-0.05, 0) is 23.3 Å². The molecule has 1 aromatic carbocycles. The first-order valence-corrected chi connectivity index (χ1v) is 8.52. The third-order valence-corrected chi connectivity index (χ3v) is 4.07. The van der Waals surface area contributed by atoms with Gasteiger partial charge in [0.25, 0.3) is 5.69 Å². The van der Waals surface area contributed by atoms with E-state index in [1.54, 1.807) is 12.1 Å². The van der Waals surface area contributed by atoms with Crippen molar-refractivity contribution in [3.05, 3.63) is 39.9 Å². The molecule has 0 saturated carbocycles. The van der Waals surface area contributed by atoms with Gasteiger partial charge in [-0.25, -0.2) is 0 Å². The van der Waals surface area contributed by atoms with Crippen LogP contribution in [0.1, 0.15) is 66.4 Å². The minimum Gasteiger partial charge on any atom is -0.311 e. The fourth-order valence-electron chi connectivity index (χ4n) is 3.38. The molecule has 2 atom stereocenters. The lowest BCUT2D eigenvalue weighted by molar-refractivity contribution is -0.384. The number of nitrogens with zero attached hydrogens (tertiary/aromatic N) is 1. The molecule has 0 amide bonds. The van der Waals surface area contributed by atoms with E-state index >= 15 is 0 Å². The van der Waals surface area contributed by atoms with Crippen LogP contribution in [-0.2, 0) is 0 Å². The van der Waals surface area contributed by atoms with Crippen molar-refractivity contribution in [2.75, 3.05) is 0 Å². The molecule has 0 aliphatic carbocycles. The average Bonchev–Trinajstić information content (AvgIpc) is 2.36. The number of rotatable bonds is 7. The van der Waals surface area contributed by atoms with Crippen LogP contribution in [0.15, 0.2) is 24.3 Å². The first kappa shape index (κ1) is 19.6. The first-order valence-electron chi connectivity index (χ1n) is 8.52. The predicted molar refractivity (Wildman–Crippen MR) is 96.8 cm³/mol. The summed E-state index contributed by atoms with van der Waals surface area (Å²) in [6, 6.07) is 7.83. The van der Waals surface area contributed by atoms with E-state index in [1.165, 1.54) is 5.56 Å². The zero-order valence-corrected chi connectivity index (χ0v) is 15.6.